The average molecular weight is 476 g/mol. The minimum Gasteiger partial charge on any atom is -0.378 e. The van der Waals surface area contributed by atoms with Gasteiger partial charge in [-0.25, -0.2) is 9.97 Å². The van der Waals surface area contributed by atoms with Gasteiger partial charge in [0.2, 0.25) is 0 Å². The van der Waals surface area contributed by atoms with E-state index in [-0.39, 0.29) is 5.92 Å². The Labute approximate surface area is 205 Å². The SMILES string of the molecule is Cc1ccc(CNC(O)C2C=c3nc(CCCCC=O)c(-c4ccc(Cl)cc4)nc3=CC2)cc1. The van der Waals surface area contributed by atoms with Crippen LogP contribution in [0.5, 0.6) is 0 Å². The van der Waals surface area contributed by atoms with Crippen molar-refractivity contribution in [2.24, 2.45) is 5.92 Å². The average Bonchev–Trinajstić information content (AvgIpc) is 2.86. The molecule has 0 bridgehead atoms. The van der Waals surface area contributed by atoms with Gasteiger partial charge >= 0.3 is 0 Å². The van der Waals surface area contributed by atoms with Crippen molar-refractivity contribution in [2.45, 2.75) is 51.8 Å². The van der Waals surface area contributed by atoms with E-state index < -0.39 is 6.23 Å². The van der Waals surface area contributed by atoms with Crippen molar-refractivity contribution in [1.82, 2.24) is 15.3 Å². The lowest BCUT2D eigenvalue weighted by molar-refractivity contribution is -0.107. The fraction of sp³-hybridized carbons (Fsp3) is 0.321. The number of hydrogen-bond donors (Lipinski definition) is 2. The van der Waals surface area contributed by atoms with Crippen LogP contribution in [0.15, 0.2) is 48.5 Å². The molecule has 1 aromatic heterocycles. The standard InChI is InChI=1S/C28H30ClN3O2/c1-19-6-8-20(9-7-19)18-30-28(34)22-12-15-24-26(17-22)31-25(5-3-2-4-16-33)27(32-24)21-10-13-23(29)14-11-21/h6-11,13-17,22,28,30,34H,2-5,12,18H2,1H3. The summed E-state index contributed by atoms with van der Waals surface area (Å²) in [4.78, 5) is 20.6. The van der Waals surface area contributed by atoms with Gasteiger partial charge in [0.25, 0.3) is 0 Å². The van der Waals surface area contributed by atoms with E-state index in [4.69, 9.17) is 21.6 Å². The number of aliphatic hydroxyl groups is 1. The summed E-state index contributed by atoms with van der Waals surface area (Å²) in [5, 5.41) is 16.3. The number of aryl methyl sites for hydroxylation is 2. The van der Waals surface area contributed by atoms with E-state index in [1.54, 1.807) is 0 Å². The van der Waals surface area contributed by atoms with Gasteiger partial charge in [-0.2, -0.15) is 0 Å². The number of nitrogens with one attached hydrogen (secondary N) is 1. The molecule has 0 saturated heterocycles. The topological polar surface area (TPSA) is 75.1 Å². The summed E-state index contributed by atoms with van der Waals surface area (Å²) < 4.78 is 0. The Hall–Kier alpha value is -2.86. The smallest absolute Gasteiger partial charge is 0.119 e. The first kappa shape index (κ1) is 24.3. The molecule has 2 atom stereocenters. The van der Waals surface area contributed by atoms with Gasteiger partial charge in [-0.15, -0.1) is 0 Å². The summed E-state index contributed by atoms with van der Waals surface area (Å²) in [7, 11) is 0. The van der Waals surface area contributed by atoms with Crippen molar-refractivity contribution < 1.29 is 9.90 Å². The predicted molar refractivity (Wildman–Crippen MR) is 136 cm³/mol. The number of aromatic nitrogens is 2. The van der Waals surface area contributed by atoms with Crippen LogP contribution in [0.2, 0.25) is 5.02 Å². The number of hydrogen-bond acceptors (Lipinski definition) is 5. The van der Waals surface area contributed by atoms with E-state index in [0.29, 0.717) is 24.4 Å². The van der Waals surface area contributed by atoms with Crippen molar-refractivity contribution >= 4 is 30.0 Å². The van der Waals surface area contributed by atoms with Crippen molar-refractivity contribution in [3.05, 3.63) is 81.1 Å². The molecule has 5 nitrogen and oxygen atoms in total. The molecule has 0 amide bonds. The Morgan fingerprint density at radius 2 is 1.85 bits per heavy atom. The second-order valence-electron chi connectivity index (χ2n) is 8.79. The lowest BCUT2D eigenvalue weighted by atomic mass is 9.98. The molecule has 0 radical (unpaired) electrons. The zero-order valence-corrected chi connectivity index (χ0v) is 20.1. The molecule has 0 saturated carbocycles. The summed E-state index contributed by atoms with van der Waals surface area (Å²) in [5.74, 6) is -0.0865. The van der Waals surface area contributed by atoms with Gasteiger partial charge in [0.15, 0.2) is 0 Å². The Morgan fingerprint density at radius 3 is 2.59 bits per heavy atom. The minimum absolute atomic E-state index is 0.0865. The zero-order valence-electron chi connectivity index (χ0n) is 19.4. The highest BCUT2D eigenvalue weighted by Gasteiger charge is 2.19. The molecule has 0 fully saturated rings. The quantitative estimate of drug-likeness (QED) is 0.265. The normalized spacial score (nSPS) is 15.7. The molecule has 1 aliphatic carbocycles. The first-order valence-corrected chi connectivity index (χ1v) is 12.2. The third-order valence-electron chi connectivity index (χ3n) is 6.12. The van der Waals surface area contributed by atoms with Crippen molar-refractivity contribution in [3.63, 3.8) is 0 Å². The fourth-order valence-corrected chi connectivity index (χ4v) is 4.25. The maximum absolute atomic E-state index is 10.8. The number of aldehydes is 1. The van der Waals surface area contributed by atoms with Crippen LogP contribution < -0.4 is 16.0 Å². The van der Waals surface area contributed by atoms with E-state index in [1.165, 1.54) is 5.56 Å². The molecule has 1 aliphatic rings. The van der Waals surface area contributed by atoms with E-state index in [1.807, 2.05) is 30.3 Å². The molecule has 34 heavy (non-hydrogen) atoms. The first-order valence-electron chi connectivity index (χ1n) is 11.8. The minimum atomic E-state index is -0.681. The van der Waals surface area contributed by atoms with E-state index in [0.717, 1.165) is 58.8 Å². The largest absolute Gasteiger partial charge is 0.378 e. The van der Waals surface area contributed by atoms with Crippen molar-refractivity contribution in [2.75, 3.05) is 0 Å². The van der Waals surface area contributed by atoms with Crippen LogP contribution in [0.1, 0.15) is 42.5 Å². The predicted octanol–water partition coefficient (Wildman–Crippen LogP) is 3.71. The van der Waals surface area contributed by atoms with Crippen LogP contribution in [0, 0.1) is 12.8 Å². The Balaban J connectivity index is 1.57. The van der Waals surface area contributed by atoms with Gasteiger partial charge in [-0.1, -0.05) is 59.6 Å². The summed E-state index contributed by atoms with van der Waals surface area (Å²) in [6, 6.07) is 15.9. The molecule has 0 spiro atoms. The number of fused-ring (bicyclic) bond motifs is 1. The van der Waals surface area contributed by atoms with Crippen LogP contribution in [0.4, 0.5) is 0 Å². The van der Waals surface area contributed by atoms with Crippen molar-refractivity contribution in [3.8, 4) is 11.3 Å². The molecular formula is C28H30ClN3O2. The highest BCUT2D eigenvalue weighted by molar-refractivity contribution is 6.30. The maximum Gasteiger partial charge on any atom is 0.119 e. The molecule has 4 rings (SSSR count). The van der Waals surface area contributed by atoms with Crippen LogP contribution >= 0.6 is 11.6 Å². The van der Waals surface area contributed by atoms with Crippen LogP contribution in [-0.4, -0.2) is 27.6 Å². The number of carbonyl (C=O) groups is 1. The Morgan fingerprint density at radius 1 is 1.09 bits per heavy atom. The Kier molecular flexibility index (Phi) is 8.22. The molecule has 0 aliphatic heterocycles. The van der Waals surface area contributed by atoms with Crippen LogP contribution in [-0.2, 0) is 17.8 Å². The monoisotopic (exact) mass is 475 g/mol. The number of unbranched alkanes of at least 4 members (excludes halogenated alkanes) is 2. The highest BCUT2D eigenvalue weighted by Crippen LogP contribution is 2.22. The third kappa shape index (κ3) is 6.17. The molecule has 2 unspecified atom stereocenters. The van der Waals surface area contributed by atoms with Gasteiger partial charge in [0.05, 0.1) is 22.1 Å². The second-order valence-corrected chi connectivity index (χ2v) is 9.23. The number of carbonyl (C=O) groups excluding carboxylic acids is 1. The number of benzene rings is 2. The summed E-state index contributed by atoms with van der Waals surface area (Å²) in [5.41, 5.74) is 5.08. The Bertz CT molecular complexity index is 1240. The van der Waals surface area contributed by atoms with E-state index in [9.17, 15) is 9.90 Å². The lowest BCUT2D eigenvalue weighted by Gasteiger charge is -2.22. The first-order chi connectivity index (χ1) is 16.5. The third-order valence-corrected chi connectivity index (χ3v) is 6.38. The number of aliphatic hydroxyl groups excluding tert-OH is 1. The second kappa shape index (κ2) is 11.5. The lowest BCUT2D eigenvalue weighted by Crippen LogP contribution is -2.42. The van der Waals surface area contributed by atoms with Gasteiger partial charge < -0.3 is 9.90 Å². The fourth-order valence-electron chi connectivity index (χ4n) is 4.12. The molecule has 3 aromatic rings. The number of rotatable bonds is 10. The highest BCUT2D eigenvalue weighted by atomic mass is 35.5. The molecule has 176 valence electrons. The zero-order chi connectivity index (χ0) is 23.9. The van der Waals surface area contributed by atoms with Gasteiger partial charge in [0, 0.05) is 29.5 Å². The molecule has 2 aromatic carbocycles. The molecule has 6 heteroatoms. The van der Waals surface area contributed by atoms with Gasteiger partial charge in [-0.3, -0.25) is 5.32 Å². The van der Waals surface area contributed by atoms with E-state index >= 15 is 0 Å². The maximum atomic E-state index is 10.8. The molecule has 1 heterocycles. The van der Waals surface area contributed by atoms with Gasteiger partial charge in [0.1, 0.15) is 12.5 Å². The van der Waals surface area contributed by atoms with E-state index in [2.05, 4.69) is 42.6 Å². The molecular weight excluding hydrogens is 446 g/mol. The molecule has 2 N–H and O–H groups in total. The number of nitrogens with zero attached hydrogens (tertiary/aromatic N) is 2. The summed E-state index contributed by atoms with van der Waals surface area (Å²) >= 11 is 6.08. The number of halogens is 1. The van der Waals surface area contributed by atoms with Crippen LogP contribution in [0.3, 0.4) is 0 Å². The summed E-state index contributed by atoms with van der Waals surface area (Å²) in [6.45, 7) is 2.66. The van der Waals surface area contributed by atoms with Gasteiger partial charge in [-0.05, 0) is 56.4 Å². The van der Waals surface area contributed by atoms with Crippen LogP contribution in [0.25, 0.3) is 23.4 Å². The van der Waals surface area contributed by atoms with Crippen molar-refractivity contribution in [1.29, 1.82) is 0 Å². The summed E-state index contributed by atoms with van der Waals surface area (Å²) in [6.07, 6.45) is 8.01.